The van der Waals surface area contributed by atoms with E-state index in [2.05, 4.69) is 13.5 Å². The summed E-state index contributed by atoms with van der Waals surface area (Å²) in [4.78, 5) is 0. The fourth-order valence-electron chi connectivity index (χ4n) is 1.98. The average Bonchev–Trinajstić information content (AvgIpc) is 2.25. The Balaban J connectivity index is 2.90. The second kappa shape index (κ2) is 13.1. The van der Waals surface area contributed by atoms with Crippen LogP contribution < -0.4 is 0 Å². The monoisotopic (exact) mass is 244 g/mol. The Morgan fingerprint density at radius 2 is 1.12 bits per heavy atom. The van der Waals surface area contributed by atoms with Crippen molar-refractivity contribution in [2.45, 2.75) is 84.0 Å². The quantitative estimate of drug-likeness (QED) is 0.347. The molecule has 0 fully saturated rings. The number of unbranched alkanes of at least 4 members (excludes halogenated alkanes) is 10. The maximum Gasteiger partial charge on any atom is 0.0109 e. The van der Waals surface area contributed by atoms with Gasteiger partial charge in [-0.25, -0.2) is 0 Å². The largest absolute Gasteiger partial charge is 0.0898 e. The highest BCUT2D eigenvalue weighted by Gasteiger charge is 1.93. The number of hydrogen-bond acceptors (Lipinski definition) is 0. The molecule has 0 rings (SSSR count). The fraction of sp³-hybridized carbons (Fsp3) is 0.867. The van der Waals surface area contributed by atoms with Gasteiger partial charge in [-0.3, -0.25) is 0 Å². The molecule has 0 spiro atoms. The van der Waals surface area contributed by atoms with Gasteiger partial charge in [0.1, 0.15) is 0 Å². The van der Waals surface area contributed by atoms with E-state index < -0.39 is 0 Å². The van der Waals surface area contributed by atoms with E-state index in [1.54, 1.807) is 0 Å². The van der Waals surface area contributed by atoms with Crippen LogP contribution in [0.15, 0.2) is 11.6 Å². The predicted molar refractivity (Wildman–Crippen MR) is 76.1 cm³/mol. The smallest absolute Gasteiger partial charge is 0.0109 e. The Kier molecular flexibility index (Phi) is 13.1. The van der Waals surface area contributed by atoms with Gasteiger partial charge in [0.25, 0.3) is 0 Å². The average molecular weight is 245 g/mol. The third-order valence-corrected chi connectivity index (χ3v) is 3.24. The van der Waals surface area contributed by atoms with Crippen LogP contribution in [0.25, 0.3) is 0 Å². The molecule has 0 heterocycles. The minimum Gasteiger partial charge on any atom is -0.0898 e. The van der Waals surface area contributed by atoms with Crippen molar-refractivity contribution in [3.05, 3.63) is 11.6 Å². The van der Waals surface area contributed by atoms with Gasteiger partial charge in [-0.05, 0) is 12.8 Å². The zero-order chi connectivity index (χ0) is 12.1. The molecule has 1 heteroatoms. The Morgan fingerprint density at radius 3 is 1.50 bits per heavy atom. The van der Waals surface area contributed by atoms with Gasteiger partial charge in [0, 0.05) is 5.03 Å². The van der Waals surface area contributed by atoms with Crippen LogP contribution in [0.4, 0.5) is 0 Å². The molecular formula is C15H29Cl. The molecule has 0 aromatic carbocycles. The van der Waals surface area contributed by atoms with Crippen molar-refractivity contribution < 1.29 is 0 Å². The van der Waals surface area contributed by atoms with Crippen molar-refractivity contribution in [2.75, 3.05) is 0 Å². The fourth-order valence-corrected chi connectivity index (χ4v) is 2.11. The molecule has 0 aromatic heterocycles. The van der Waals surface area contributed by atoms with E-state index in [-0.39, 0.29) is 0 Å². The molecule has 0 aliphatic carbocycles. The van der Waals surface area contributed by atoms with Crippen molar-refractivity contribution in [3.8, 4) is 0 Å². The summed E-state index contributed by atoms with van der Waals surface area (Å²) in [5.41, 5.74) is 0. The van der Waals surface area contributed by atoms with Gasteiger partial charge >= 0.3 is 0 Å². The molecule has 96 valence electrons. The maximum atomic E-state index is 5.71. The maximum absolute atomic E-state index is 5.71. The lowest BCUT2D eigenvalue weighted by atomic mass is 10.1. The van der Waals surface area contributed by atoms with Crippen LogP contribution >= 0.6 is 11.6 Å². The van der Waals surface area contributed by atoms with Crippen molar-refractivity contribution in [1.29, 1.82) is 0 Å². The third kappa shape index (κ3) is 14.0. The summed E-state index contributed by atoms with van der Waals surface area (Å²) in [7, 11) is 0. The van der Waals surface area contributed by atoms with Gasteiger partial charge in [0.2, 0.25) is 0 Å². The summed E-state index contributed by atoms with van der Waals surface area (Å²) < 4.78 is 0. The van der Waals surface area contributed by atoms with Gasteiger partial charge in [0.15, 0.2) is 0 Å². The van der Waals surface area contributed by atoms with E-state index in [0.29, 0.717) is 0 Å². The van der Waals surface area contributed by atoms with Crippen LogP contribution in [-0.2, 0) is 0 Å². The molecule has 0 bridgehead atoms. The van der Waals surface area contributed by atoms with E-state index in [0.717, 1.165) is 11.5 Å². The first-order valence-corrected chi connectivity index (χ1v) is 7.48. The van der Waals surface area contributed by atoms with E-state index >= 15 is 0 Å². The predicted octanol–water partition coefficient (Wildman–Crippen LogP) is 6.44. The summed E-state index contributed by atoms with van der Waals surface area (Å²) in [6, 6.07) is 0. The zero-order valence-corrected chi connectivity index (χ0v) is 11.8. The topological polar surface area (TPSA) is 0 Å². The Labute approximate surface area is 107 Å². The van der Waals surface area contributed by atoms with E-state index in [1.165, 1.54) is 70.6 Å². The second-order valence-corrected chi connectivity index (χ2v) is 5.34. The molecule has 0 saturated carbocycles. The van der Waals surface area contributed by atoms with Crippen LogP contribution in [0.5, 0.6) is 0 Å². The van der Waals surface area contributed by atoms with E-state index in [1.807, 2.05) is 0 Å². The molecule has 0 nitrogen and oxygen atoms in total. The molecule has 0 amide bonds. The van der Waals surface area contributed by atoms with E-state index in [4.69, 9.17) is 11.6 Å². The molecule has 0 atom stereocenters. The molecule has 0 saturated heterocycles. The Morgan fingerprint density at radius 1 is 0.750 bits per heavy atom. The van der Waals surface area contributed by atoms with Crippen LogP contribution in [0, 0.1) is 0 Å². The van der Waals surface area contributed by atoms with Crippen LogP contribution in [0.3, 0.4) is 0 Å². The molecule has 0 aliphatic rings. The first-order valence-electron chi connectivity index (χ1n) is 7.10. The summed E-state index contributed by atoms with van der Waals surface area (Å²) >= 11 is 5.71. The lowest BCUT2D eigenvalue weighted by molar-refractivity contribution is 0.550. The number of rotatable bonds is 12. The molecule has 16 heavy (non-hydrogen) atoms. The highest BCUT2D eigenvalue weighted by Crippen LogP contribution is 2.14. The Hall–Kier alpha value is 0.0300. The SMILES string of the molecule is C=C(Cl)CCCCCCCCCCCCC. The Bertz CT molecular complexity index is 152. The first kappa shape index (κ1) is 16.0. The molecule has 0 N–H and O–H groups in total. The highest BCUT2D eigenvalue weighted by atomic mass is 35.5. The van der Waals surface area contributed by atoms with Gasteiger partial charge in [0.05, 0.1) is 0 Å². The van der Waals surface area contributed by atoms with Crippen molar-refractivity contribution in [3.63, 3.8) is 0 Å². The molecular weight excluding hydrogens is 216 g/mol. The second-order valence-electron chi connectivity index (χ2n) is 4.80. The molecule has 0 aliphatic heterocycles. The lowest BCUT2D eigenvalue weighted by Gasteiger charge is -2.02. The van der Waals surface area contributed by atoms with Crippen LogP contribution in [-0.4, -0.2) is 0 Å². The van der Waals surface area contributed by atoms with Gasteiger partial charge in [-0.1, -0.05) is 89.3 Å². The number of allylic oxidation sites excluding steroid dienone is 1. The standard InChI is InChI=1S/C15H29Cl/c1-3-4-5-6-7-8-9-10-11-12-13-14-15(2)16/h2-14H2,1H3. The van der Waals surface area contributed by atoms with Crippen LogP contribution in [0.2, 0.25) is 0 Å². The highest BCUT2D eigenvalue weighted by molar-refractivity contribution is 6.29. The van der Waals surface area contributed by atoms with Crippen LogP contribution in [0.1, 0.15) is 84.0 Å². The number of hydrogen-bond donors (Lipinski definition) is 0. The molecule has 0 unspecified atom stereocenters. The van der Waals surface area contributed by atoms with Gasteiger partial charge in [-0.2, -0.15) is 0 Å². The van der Waals surface area contributed by atoms with Crippen molar-refractivity contribution in [2.24, 2.45) is 0 Å². The lowest BCUT2D eigenvalue weighted by Crippen LogP contribution is -1.82. The van der Waals surface area contributed by atoms with Gasteiger partial charge < -0.3 is 0 Å². The minimum absolute atomic E-state index is 0.816. The number of halogens is 1. The summed E-state index contributed by atoms with van der Waals surface area (Å²) in [6.45, 7) is 5.98. The minimum atomic E-state index is 0.816. The summed E-state index contributed by atoms with van der Waals surface area (Å²) in [5.74, 6) is 0. The third-order valence-electron chi connectivity index (χ3n) is 3.05. The molecule has 0 aromatic rings. The normalized spacial score (nSPS) is 10.6. The van der Waals surface area contributed by atoms with E-state index in [9.17, 15) is 0 Å². The van der Waals surface area contributed by atoms with Crippen molar-refractivity contribution in [1.82, 2.24) is 0 Å². The summed E-state index contributed by atoms with van der Waals surface area (Å²) in [6.07, 6.45) is 16.3. The summed E-state index contributed by atoms with van der Waals surface area (Å²) in [5, 5.41) is 0.816. The van der Waals surface area contributed by atoms with Crippen molar-refractivity contribution >= 4 is 11.6 Å². The first-order chi connectivity index (χ1) is 7.77. The van der Waals surface area contributed by atoms with Gasteiger partial charge in [-0.15, -0.1) is 0 Å². The molecule has 0 radical (unpaired) electrons. The zero-order valence-electron chi connectivity index (χ0n) is 11.1.